The lowest BCUT2D eigenvalue weighted by atomic mass is 10.1. The molecule has 0 aliphatic carbocycles. The third kappa shape index (κ3) is 3.24. The Balaban J connectivity index is 2.17. The molecule has 0 aromatic heterocycles. The Hall–Kier alpha value is -0.990. The van der Waals surface area contributed by atoms with Crippen LogP contribution in [0.15, 0.2) is 53.0 Å². The van der Waals surface area contributed by atoms with E-state index in [4.69, 9.17) is 11.6 Å². The highest BCUT2D eigenvalue weighted by Gasteiger charge is 2.08. The van der Waals surface area contributed by atoms with E-state index in [0.29, 0.717) is 0 Å². The van der Waals surface area contributed by atoms with Crippen molar-refractivity contribution in [3.8, 4) is 0 Å². The van der Waals surface area contributed by atoms with E-state index < -0.39 is 0 Å². The monoisotopic (exact) mass is 309 g/mol. The molecule has 0 bridgehead atoms. The summed E-state index contributed by atoms with van der Waals surface area (Å²) in [4.78, 5) is 0. The first-order valence-electron chi connectivity index (χ1n) is 5.43. The van der Waals surface area contributed by atoms with Crippen LogP contribution in [0, 0.1) is 0 Å². The maximum atomic E-state index is 5.96. The molecule has 1 unspecified atom stereocenters. The van der Waals surface area contributed by atoms with Gasteiger partial charge in [-0.1, -0.05) is 51.8 Å². The van der Waals surface area contributed by atoms with E-state index in [2.05, 4.69) is 34.2 Å². The molecule has 0 spiro atoms. The number of halogens is 2. The summed E-state index contributed by atoms with van der Waals surface area (Å²) in [7, 11) is 0. The number of anilines is 1. The highest BCUT2D eigenvalue weighted by Crippen LogP contribution is 2.26. The standard InChI is InChI=1S/C14H13BrClN/c1-10(13-7-2-3-8-14(13)15)17-12-6-4-5-11(16)9-12/h2-10,17H,1H3. The van der Waals surface area contributed by atoms with Crippen molar-refractivity contribution in [1.82, 2.24) is 0 Å². The lowest BCUT2D eigenvalue weighted by Gasteiger charge is -2.17. The molecule has 2 aromatic rings. The van der Waals surface area contributed by atoms with E-state index in [-0.39, 0.29) is 6.04 Å². The summed E-state index contributed by atoms with van der Waals surface area (Å²) >= 11 is 9.51. The van der Waals surface area contributed by atoms with Gasteiger partial charge in [-0.15, -0.1) is 0 Å². The molecule has 0 aliphatic rings. The van der Waals surface area contributed by atoms with Crippen molar-refractivity contribution in [2.24, 2.45) is 0 Å². The highest BCUT2D eigenvalue weighted by atomic mass is 79.9. The second kappa shape index (κ2) is 5.56. The predicted molar refractivity (Wildman–Crippen MR) is 77.6 cm³/mol. The molecule has 0 radical (unpaired) electrons. The van der Waals surface area contributed by atoms with Gasteiger partial charge < -0.3 is 5.32 Å². The molecule has 1 nitrogen and oxygen atoms in total. The average Bonchev–Trinajstić information content (AvgIpc) is 2.29. The van der Waals surface area contributed by atoms with E-state index in [1.54, 1.807) is 0 Å². The molecule has 17 heavy (non-hydrogen) atoms. The van der Waals surface area contributed by atoms with Gasteiger partial charge in [0.25, 0.3) is 0 Å². The summed E-state index contributed by atoms with van der Waals surface area (Å²) in [6.45, 7) is 2.13. The number of benzene rings is 2. The van der Waals surface area contributed by atoms with Crippen LogP contribution >= 0.6 is 27.5 Å². The zero-order valence-corrected chi connectivity index (χ0v) is 11.8. The van der Waals surface area contributed by atoms with Crippen LogP contribution in [0.2, 0.25) is 5.02 Å². The molecule has 0 saturated carbocycles. The van der Waals surface area contributed by atoms with E-state index in [1.807, 2.05) is 42.5 Å². The average molecular weight is 311 g/mol. The van der Waals surface area contributed by atoms with Crippen molar-refractivity contribution in [3.63, 3.8) is 0 Å². The van der Waals surface area contributed by atoms with E-state index in [0.717, 1.165) is 15.2 Å². The Morgan fingerprint density at radius 1 is 1.12 bits per heavy atom. The third-order valence-corrected chi connectivity index (χ3v) is 3.54. The number of nitrogens with one attached hydrogen (secondary N) is 1. The van der Waals surface area contributed by atoms with Crippen LogP contribution in [0.5, 0.6) is 0 Å². The molecular formula is C14H13BrClN. The van der Waals surface area contributed by atoms with Crippen molar-refractivity contribution in [1.29, 1.82) is 0 Å². The Kier molecular flexibility index (Phi) is 4.08. The van der Waals surface area contributed by atoms with Crippen molar-refractivity contribution in [3.05, 3.63) is 63.6 Å². The zero-order valence-electron chi connectivity index (χ0n) is 9.45. The summed E-state index contributed by atoms with van der Waals surface area (Å²) in [5, 5.41) is 4.17. The van der Waals surface area contributed by atoms with E-state index in [1.165, 1.54) is 5.56 Å². The first-order valence-corrected chi connectivity index (χ1v) is 6.60. The Morgan fingerprint density at radius 2 is 1.88 bits per heavy atom. The quantitative estimate of drug-likeness (QED) is 0.813. The van der Waals surface area contributed by atoms with Gasteiger partial charge in [-0.05, 0) is 36.8 Å². The van der Waals surface area contributed by atoms with Crippen LogP contribution in [0.4, 0.5) is 5.69 Å². The summed E-state index contributed by atoms with van der Waals surface area (Å²) in [5.74, 6) is 0. The second-order valence-corrected chi connectivity index (χ2v) is 5.19. The zero-order chi connectivity index (χ0) is 12.3. The molecule has 88 valence electrons. The number of hydrogen-bond acceptors (Lipinski definition) is 1. The molecule has 0 amide bonds. The summed E-state index contributed by atoms with van der Waals surface area (Å²) in [6, 6.07) is 16.2. The summed E-state index contributed by atoms with van der Waals surface area (Å²) < 4.78 is 1.11. The molecule has 0 saturated heterocycles. The molecule has 2 aromatic carbocycles. The predicted octanol–water partition coefficient (Wildman–Crippen LogP) is 5.28. The fourth-order valence-electron chi connectivity index (χ4n) is 1.73. The number of hydrogen-bond donors (Lipinski definition) is 1. The van der Waals surface area contributed by atoms with Crippen molar-refractivity contribution in [2.45, 2.75) is 13.0 Å². The minimum absolute atomic E-state index is 0.226. The van der Waals surface area contributed by atoms with E-state index >= 15 is 0 Å². The first kappa shape index (κ1) is 12.5. The normalized spacial score (nSPS) is 12.2. The van der Waals surface area contributed by atoms with Gasteiger partial charge in [0.05, 0.1) is 0 Å². The van der Waals surface area contributed by atoms with Crippen LogP contribution < -0.4 is 5.32 Å². The van der Waals surface area contributed by atoms with Crippen LogP contribution in [0.25, 0.3) is 0 Å². The molecule has 0 heterocycles. The third-order valence-electron chi connectivity index (χ3n) is 2.58. The Morgan fingerprint density at radius 3 is 2.59 bits per heavy atom. The summed E-state index contributed by atoms with van der Waals surface area (Å²) in [6.07, 6.45) is 0. The van der Waals surface area contributed by atoms with Gasteiger partial charge in [0.15, 0.2) is 0 Å². The summed E-state index contributed by atoms with van der Waals surface area (Å²) in [5.41, 5.74) is 2.26. The van der Waals surface area contributed by atoms with Crippen molar-refractivity contribution >= 4 is 33.2 Å². The Labute approximate surface area is 115 Å². The first-order chi connectivity index (χ1) is 8.16. The molecule has 2 rings (SSSR count). The minimum Gasteiger partial charge on any atom is -0.378 e. The second-order valence-electron chi connectivity index (χ2n) is 3.90. The topological polar surface area (TPSA) is 12.0 Å². The molecule has 1 N–H and O–H groups in total. The largest absolute Gasteiger partial charge is 0.378 e. The van der Waals surface area contributed by atoms with Crippen LogP contribution in [-0.2, 0) is 0 Å². The van der Waals surface area contributed by atoms with Gasteiger partial charge in [0.1, 0.15) is 0 Å². The van der Waals surface area contributed by atoms with Crippen LogP contribution in [0.1, 0.15) is 18.5 Å². The number of rotatable bonds is 3. The van der Waals surface area contributed by atoms with Gasteiger partial charge in [0, 0.05) is 21.2 Å². The molecule has 3 heteroatoms. The SMILES string of the molecule is CC(Nc1cccc(Cl)c1)c1ccccc1Br. The van der Waals surface area contributed by atoms with E-state index in [9.17, 15) is 0 Å². The lowest BCUT2D eigenvalue weighted by molar-refractivity contribution is 0.879. The molecular weight excluding hydrogens is 298 g/mol. The fraction of sp³-hybridized carbons (Fsp3) is 0.143. The van der Waals surface area contributed by atoms with Gasteiger partial charge >= 0.3 is 0 Å². The van der Waals surface area contributed by atoms with Crippen molar-refractivity contribution < 1.29 is 0 Å². The maximum absolute atomic E-state index is 5.96. The highest BCUT2D eigenvalue weighted by molar-refractivity contribution is 9.10. The molecule has 1 atom stereocenters. The fourth-order valence-corrected chi connectivity index (χ4v) is 2.55. The molecule has 0 fully saturated rings. The molecule has 0 aliphatic heterocycles. The van der Waals surface area contributed by atoms with Gasteiger partial charge in [-0.25, -0.2) is 0 Å². The smallest absolute Gasteiger partial charge is 0.0496 e. The minimum atomic E-state index is 0.226. The van der Waals surface area contributed by atoms with Crippen LogP contribution in [0.3, 0.4) is 0 Å². The Bertz CT molecular complexity index is 513. The van der Waals surface area contributed by atoms with Gasteiger partial charge in [-0.2, -0.15) is 0 Å². The van der Waals surface area contributed by atoms with Crippen LogP contribution in [-0.4, -0.2) is 0 Å². The van der Waals surface area contributed by atoms with Crippen molar-refractivity contribution in [2.75, 3.05) is 5.32 Å². The lowest BCUT2D eigenvalue weighted by Crippen LogP contribution is -2.07. The van der Waals surface area contributed by atoms with Gasteiger partial charge in [0.2, 0.25) is 0 Å². The maximum Gasteiger partial charge on any atom is 0.0496 e. The van der Waals surface area contributed by atoms with Gasteiger partial charge in [-0.3, -0.25) is 0 Å².